The molecule has 18 heavy (non-hydrogen) atoms. The normalized spacial score (nSPS) is 19.3. The zero-order valence-electron chi connectivity index (χ0n) is 12.1. The fraction of sp³-hybridized carbons (Fsp3) is 0.625. The quantitative estimate of drug-likeness (QED) is 0.865. The lowest BCUT2D eigenvalue weighted by atomic mass is 9.94. The van der Waals surface area contributed by atoms with E-state index in [4.69, 9.17) is 5.73 Å². The summed E-state index contributed by atoms with van der Waals surface area (Å²) in [7, 11) is 4.25. The summed E-state index contributed by atoms with van der Waals surface area (Å²) in [5.74, 6) is 0.713. The van der Waals surface area contributed by atoms with Crippen LogP contribution in [-0.2, 0) is 6.42 Å². The van der Waals surface area contributed by atoms with Crippen molar-refractivity contribution in [1.82, 2.24) is 4.90 Å². The van der Waals surface area contributed by atoms with Crippen LogP contribution in [-0.4, -0.2) is 24.5 Å². The predicted molar refractivity (Wildman–Crippen MR) is 77.6 cm³/mol. The molecule has 0 spiro atoms. The summed E-state index contributed by atoms with van der Waals surface area (Å²) in [6, 6.07) is 9.39. The van der Waals surface area contributed by atoms with Crippen LogP contribution >= 0.6 is 0 Å². The molecule has 1 saturated carbocycles. The van der Waals surface area contributed by atoms with Crippen LogP contribution in [0.1, 0.15) is 43.9 Å². The molecule has 100 valence electrons. The Kier molecular flexibility index (Phi) is 3.79. The van der Waals surface area contributed by atoms with Gasteiger partial charge in [0.2, 0.25) is 0 Å². The van der Waals surface area contributed by atoms with Crippen molar-refractivity contribution in [1.29, 1.82) is 0 Å². The molecule has 1 aromatic carbocycles. The average Bonchev–Trinajstić information content (AvgIpc) is 2.98. The van der Waals surface area contributed by atoms with Crippen molar-refractivity contribution in [3.8, 4) is 0 Å². The van der Waals surface area contributed by atoms with Crippen molar-refractivity contribution >= 4 is 0 Å². The summed E-state index contributed by atoms with van der Waals surface area (Å²) in [6.45, 7) is 4.52. The Morgan fingerprint density at radius 3 is 2.11 bits per heavy atom. The molecule has 2 N–H and O–H groups in total. The Labute approximate surface area is 111 Å². The second-order valence-electron chi connectivity index (χ2n) is 6.44. The molecular formula is C16H26N2. The molecule has 0 bridgehead atoms. The molecule has 0 aliphatic heterocycles. The van der Waals surface area contributed by atoms with E-state index in [1.165, 1.54) is 11.1 Å². The molecule has 1 atom stereocenters. The summed E-state index contributed by atoms with van der Waals surface area (Å²) in [6.07, 6.45) is 3.44. The largest absolute Gasteiger partial charge is 0.323 e. The van der Waals surface area contributed by atoms with Crippen molar-refractivity contribution in [2.24, 2.45) is 11.7 Å². The van der Waals surface area contributed by atoms with Gasteiger partial charge in [-0.25, -0.2) is 0 Å². The molecule has 0 radical (unpaired) electrons. The van der Waals surface area contributed by atoms with Gasteiger partial charge in [-0.15, -0.1) is 0 Å². The van der Waals surface area contributed by atoms with Gasteiger partial charge in [-0.1, -0.05) is 38.1 Å². The molecular weight excluding hydrogens is 220 g/mol. The Hall–Kier alpha value is -0.860. The van der Waals surface area contributed by atoms with E-state index in [1.54, 1.807) is 0 Å². The van der Waals surface area contributed by atoms with Crippen LogP contribution in [0.4, 0.5) is 0 Å². The van der Waals surface area contributed by atoms with Crippen molar-refractivity contribution in [3.05, 3.63) is 35.4 Å². The third-order valence-electron chi connectivity index (χ3n) is 3.83. The predicted octanol–water partition coefficient (Wildman–Crippen LogP) is 2.98. The Morgan fingerprint density at radius 1 is 1.17 bits per heavy atom. The Morgan fingerprint density at radius 2 is 1.72 bits per heavy atom. The molecule has 1 aliphatic carbocycles. The standard InChI is InChI=1S/C16H26N2/c1-12(2)11-13-5-7-14(8-6-13)15(18(3)4)16(17)9-10-16/h5-8,12,15H,9-11,17H2,1-4H3. The third-order valence-corrected chi connectivity index (χ3v) is 3.83. The van der Waals surface area contributed by atoms with Gasteiger partial charge in [-0.2, -0.15) is 0 Å². The molecule has 1 aliphatic rings. The van der Waals surface area contributed by atoms with Gasteiger partial charge in [0.25, 0.3) is 0 Å². The van der Waals surface area contributed by atoms with Gasteiger partial charge in [0, 0.05) is 5.54 Å². The van der Waals surface area contributed by atoms with Crippen molar-refractivity contribution in [2.45, 2.75) is 44.7 Å². The van der Waals surface area contributed by atoms with Crippen LogP contribution in [0.3, 0.4) is 0 Å². The smallest absolute Gasteiger partial charge is 0.0523 e. The first-order valence-corrected chi connectivity index (χ1v) is 6.96. The van der Waals surface area contributed by atoms with E-state index in [1.807, 2.05) is 0 Å². The van der Waals surface area contributed by atoms with E-state index in [2.05, 4.69) is 57.1 Å². The van der Waals surface area contributed by atoms with Gasteiger partial charge in [-0.05, 0) is 50.4 Å². The van der Waals surface area contributed by atoms with Crippen molar-refractivity contribution in [3.63, 3.8) is 0 Å². The first-order valence-electron chi connectivity index (χ1n) is 6.96. The topological polar surface area (TPSA) is 29.3 Å². The van der Waals surface area contributed by atoms with Crippen molar-refractivity contribution < 1.29 is 0 Å². The fourth-order valence-corrected chi connectivity index (χ4v) is 2.87. The molecule has 2 heteroatoms. The second-order valence-corrected chi connectivity index (χ2v) is 6.44. The molecule has 0 amide bonds. The lowest BCUT2D eigenvalue weighted by Crippen LogP contribution is -2.39. The van der Waals surface area contributed by atoms with Crippen LogP contribution in [0.25, 0.3) is 0 Å². The van der Waals surface area contributed by atoms with Crippen LogP contribution in [0, 0.1) is 5.92 Å². The summed E-state index contributed by atoms with van der Waals surface area (Å²) in [4.78, 5) is 2.25. The highest BCUT2D eigenvalue weighted by Gasteiger charge is 2.47. The van der Waals surface area contributed by atoms with Gasteiger partial charge in [-0.3, -0.25) is 0 Å². The highest BCUT2D eigenvalue weighted by Crippen LogP contribution is 2.45. The Balaban J connectivity index is 2.16. The summed E-state index contributed by atoms with van der Waals surface area (Å²) >= 11 is 0. The number of likely N-dealkylation sites (N-methyl/N-ethyl adjacent to an activating group) is 1. The average molecular weight is 246 g/mol. The molecule has 1 aromatic rings. The highest BCUT2D eigenvalue weighted by molar-refractivity contribution is 5.30. The lowest BCUT2D eigenvalue weighted by molar-refractivity contribution is 0.246. The summed E-state index contributed by atoms with van der Waals surface area (Å²) in [5.41, 5.74) is 9.18. The minimum Gasteiger partial charge on any atom is -0.323 e. The second kappa shape index (κ2) is 5.02. The first kappa shape index (κ1) is 13.6. The van der Waals surface area contributed by atoms with Crippen LogP contribution in [0.5, 0.6) is 0 Å². The lowest BCUT2D eigenvalue weighted by Gasteiger charge is -2.30. The van der Waals surface area contributed by atoms with E-state index in [-0.39, 0.29) is 5.54 Å². The molecule has 2 rings (SSSR count). The van der Waals surface area contributed by atoms with Gasteiger partial charge in [0.15, 0.2) is 0 Å². The van der Waals surface area contributed by atoms with Crippen molar-refractivity contribution in [2.75, 3.05) is 14.1 Å². The van der Waals surface area contributed by atoms with E-state index < -0.39 is 0 Å². The maximum atomic E-state index is 6.40. The molecule has 1 unspecified atom stereocenters. The monoisotopic (exact) mass is 246 g/mol. The molecule has 0 heterocycles. The molecule has 0 saturated heterocycles. The van der Waals surface area contributed by atoms with Gasteiger partial charge < -0.3 is 10.6 Å². The molecule has 1 fully saturated rings. The summed E-state index contributed by atoms with van der Waals surface area (Å²) < 4.78 is 0. The van der Waals surface area contributed by atoms with Gasteiger partial charge >= 0.3 is 0 Å². The minimum atomic E-state index is 0.00304. The van der Waals surface area contributed by atoms with E-state index in [9.17, 15) is 0 Å². The third kappa shape index (κ3) is 2.93. The van der Waals surface area contributed by atoms with E-state index in [0.717, 1.165) is 19.3 Å². The zero-order chi connectivity index (χ0) is 13.3. The van der Waals surface area contributed by atoms with E-state index >= 15 is 0 Å². The van der Waals surface area contributed by atoms with Crippen LogP contribution in [0.15, 0.2) is 24.3 Å². The fourth-order valence-electron chi connectivity index (χ4n) is 2.87. The number of rotatable bonds is 5. The Bertz CT molecular complexity index is 388. The number of benzene rings is 1. The summed E-state index contributed by atoms with van der Waals surface area (Å²) in [5, 5.41) is 0. The minimum absolute atomic E-state index is 0.00304. The zero-order valence-corrected chi connectivity index (χ0v) is 12.1. The maximum Gasteiger partial charge on any atom is 0.0523 e. The van der Waals surface area contributed by atoms with E-state index in [0.29, 0.717) is 12.0 Å². The number of nitrogens with zero attached hydrogens (tertiary/aromatic N) is 1. The number of hydrogen-bond donors (Lipinski definition) is 1. The first-order chi connectivity index (χ1) is 8.42. The van der Waals surface area contributed by atoms with Gasteiger partial charge in [0.05, 0.1) is 6.04 Å². The van der Waals surface area contributed by atoms with Crippen LogP contribution < -0.4 is 5.73 Å². The highest BCUT2D eigenvalue weighted by atomic mass is 15.1. The maximum absolute atomic E-state index is 6.40. The SMILES string of the molecule is CC(C)Cc1ccc(C(N(C)C)C2(N)CC2)cc1. The van der Waals surface area contributed by atoms with Crippen LogP contribution in [0.2, 0.25) is 0 Å². The number of nitrogens with two attached hydrogens (primary N) is 1. The number of hydrogen-bond acceptors (Lipinski definition) is 2. The molecule has 2 nitrogen and oxygen atoms in total. The van der Waals surface area contributed by atoms with Gasteiger partial charge in [0.1, 0.15) is 0 Å². The molecule has 0 aromatic heterocycles.